The molecule has 6 heterocycles. The number of aromatic nitrogens is 2. The van der Waals surface area contributed by atoms with Crippen LogP contribution in [0.2, 0.25) is 0 Å². The summed E-state index contributed by atoms with van der Waals surface area (Å²) in [5, 5.41) is 22.1. The van der Waals surface area contributed by atoms with Gasteiger partial charge in [-0.3, -0.25) is 33.7 Å². The largest absolute Gasteiger partial charge is 0.384 e. The molecule has 4 aliphatic rings. The zero-order valence-electron chi connectivity index (χ0n) is 36.6. The number of nitrogens with one attached hydrogen (secondary N) is 4. The second kappa shape index (κ2) is 19.8. The fourth-order valence-corrected chi connectivity index (χ4v) is 9.13. The van der Waals surface area contributed by atoms with E-state index in [0.717, 1.165) is 55.8 Å². The number of piperidine rings is 2. The third-order valence-electron chi connectivity index (χ3n) is 12.6. The van der Waals surface area contributed by atoms with Crippen LogP contribution in [0.1, 0.15) is 108 Å². The molecule has 67 heavy (non-hydrogen) atoms. The summed E-state index contributed by atoms with van der Waals surface area (Å²) >= 11 is 0. The average Bonchev–Trinajstić information content (AvgIpc) is 3.80. The second-order valence-electron chi connectivity index (χ2n) is 17.1. The van der Waals surface area contributed by atoms with E-state index in [4.69, 9.17) is 0 Å². The topological polar surface area (TPSA) is 206 Å². The first kappa shape index (κ1) is 44.5. The van der Waals surface area contributed by atoms with Gasteiger partial charge in [0.05, 0.1) is 17.2 Å². The lowest BCUT2D eigenvalue weighted by Crippen LogP contribution is -2.57. The number of pyridine rings is 2. The van der Waals surface area contributed by atoms with Gasteiger partial charge < -0.3 is 36.2 Å². The van der Waals surface area contributed by atoms with E-state index < -0.39 is 30.1 Å². The highest BCUT2D eigenvalue weighted by Gasteiger charge is 2.45. The predicted octanol–water partition coefficient (Wildman–Crippen LogP) is 4.49. The molecule has 5 aromatic rings. The van der Waals surface area contributed by atoms with E-state index in [-0.39, 0.29) is 54.6 Å². The van der Waals surface area contributed by atoms with Crippen LogP contribution in [-0.2, 0) is 16.1 Å². The molecule has 2 aromatic heterocycles. The van der Waals surface area contributed by atoms with Crippen LogP contribution < -0.4 is 21.3 Å². The van der Waals surface area contributed by atoms with Gasteiger partial charge in [0.25, 0.3) is 29.5 Å². The maximum Gasteiger partial charge on any atom is 0.270 e. The number of imide groups is 1. The van der Waals surface area contributed by atoms with Crippen molar-refractivity contribution in [3.63, 3.8) is 0 Å². The van der Waals surface area contributed by atoms with Crippen molar-refractivity contribution >= 4 is 46.9 Å². The minimum atomic E-state index is -1.30. The zero-order chi connectivity index (χ0) is 46.4. The predicted molar refractivity (Wildman–Crippen MR) is 247 cm³/mol. The molecule has 16 heteroatoms. The molecule has 3 aromatic carbocycles. The van der Waals surface area contributed by atoms with Crippen molar-refractivity contribution in [1.29, 1.82) is 0 Å². The minimum Gasteiger partial charge on any atom is -0.384 e. The Balaban J connectivity index is 0.719. The molecule has 2 saturated heterocycles. The second-order valence-corrected chi connectivity index (χ2v) is 17.1. The Labute approximate surface area is 387 Å². The molecule has 3 unspecified atom stereocenters. The van der Waals surface area contributed by atoms with E-state index in [2.05, 4.69) is 48.0 Å². The summed E-state index contributed by atoms with van der Waals surface area (Å²) in [4.78, 5) is 92.5. The van der Waals surface area contributed by atoms with Gasteiger partial charge in [0.15, 0.2) is 0 Å². The molecule has 5 N–H and O–H groups in total. The Morgan fingerprint density at radius 1 is 0.806 bits per heavy atom. The van der Waals surface area contributed by atoms with Crippen LogP contribution >= 0.6 is 0 Å². The van der Waals surface area contributed by atoms with E-state index in [1.807, 2.05) is 42.5 Å². The number of unbranched alkanes of at least 4 members (excludes halogenated alkanes) is 1. The molecule has 340 valence electrons. The molecular formula is C51H49N9O7. The van der Waals surface area contributed by atoms with Crippen molar-refractivity contribution < 1.29 is 33.9 Å². The lowest BCUT2D eigenvalue weighted by Gasteiger charge is -2.33. The van der Waals surface area contributed by atoms with Gasteiger partial charge in [-0.15, -0.1) is 0 Å². The molecule has 6 amide bonds. The van der Waals surface area contributed by atoms with Crippen molar-refractivity contribution in [3.05, 3.63) is 154 Å². The zero-order valence-corrected chi connectivity index (χ0v) is 36.6. The quantitative estimate of drug-likeness (QED) is 0.0633. The van der Waals surface area contributed by atoms with Crippen LogP contribution in [0.3, 0.4) is 0 Å². The molecule has 0 radical (unpaired) electrons. The number of rotatable bonds is 13. The molecule has 0 bridgehead atoms. The first-order valence-electron chi connectivity index (χ1n) is 22.6. The molecule has 16 nitrogen and oxygen atoms in total. The molecule has 0 aliphatic carbocycles. The van der Waals surface area contributed by atoms with Gasteiger partial charge in [0.1, 0.15) is 23.8 Å². The number of benzene rings is 3. The van der Waals surface area contributed by atoms with Gasteiger partial charge in [0, 0.05) is 73.4 Å². The van der Waals surface area contributed by atoms with E-state index in [1.165, 1.54) is 0 Å². The van der Waals surface area contributed by atoms with Crippen LogP contribution in [0.4, 0.5) is 11.5 Å². The highest BCUT2D eigenvalue weighted by atomic mass is 16.3. The van der Waals surface area contributed by atoms with Crippen LogP contribution in [-0.4, -0.2) is 110 Å². The monoisotopic (exact) mass is 899 g/mol. The highest BCUT2D eigenvalue weighted by Crippen LogP contribution is 2.34. The Kier molecular flexibility index (Phi) is 13.1. The number of carbonyl (C=O) groups is 6. The summed E-state index contributed by atoms with van der Waals surface area (Å²) in [7, 11) is 0. The molecule has 0 saturated carbocycles. The van der Waals surface area contributed by atoms with E-state index in [9.17, 15) is 33.9 Å². The fraction of sp³-hybridized carbons (Fsp3) is 0.294. The highest BCUT2D eigenvalue weighted by molar-refractivity contribution is 6.24. The number of aliphatic hydroxyl groups is 1. The number of carbonyl (C=O) groups excluding carboxylic acids is 6. The normalized spacial score (nSPS) is 18.6. The standard InChI is InChI=1S/C51H49N9O7/c61-43-21-20-41(47(63)57-43)60-50(66)37-11-8-12-39(44(37)51(60)67)52-24-6-7-26-58-27-22-36(23-28-58)55-46(62)40-19-17-33(30-54-40)15-14-32-16-18-35-31-59(49(65)38(35)29-32)45(34-9-2-1-3-10-34)48(64)56-42-13-4-5-25-53-42/h1-5,8-13,16-19,25,29-30,36,41,45,47,52,63H,6-7,20-24,26-28,31H2,(H,55,62)(H,57,61)(H,53,56,64). The maximum absolute atomic E-state index is 13.9. The number of hydrogen-bond acceptors (Lipinski definition) is 11. The minimum absolute atomic E-state index is 0.0225. The number of nitrogens with zero attached hydrogens (tertiary/aromatic N) is 5. The van der Waals surface area contributed by atoms with Crippen LogP contribution in [0.5, 0.6) is 0 Å². The number of likely N-dealkylation sites (tertiary alicyclic amines) is 1. The molecule has 9 rings (SSSR count). The van der Waals surface area contributed by atoms with Gasteiger partial charge in [-0.2, -0.15) is 0 Å². The molecular weight excluding hydrogens is 851 g/mol. The number of hydrogen-bond donors (Lipinski definition) is 5. The number of fused-ring (bicyclic) bond motifs is 2. The third-order valence-corrected chi connectivity index (χ3v) is 12.6. The Bertz CT molecular complexity index is 2770. The number of aliphatic hydroxyl groups excluding tert-OH is 1. The smallest absolute Gasteiger partial charge is 0.270 e. The van der Waals surface area contributed by atoms with Crippen LogP contribution in [0.25, 0.3) is 0 Å². The van der Waals surface area contributed by atoms with Gasteiger partial charge in [-0.25, -0.2) is 9.97 Å². The average molecular weight is 900 g/mol. The Morgan fingerprint density at radius 3 is 2.36 bits per heavy atom. The molecule has 2 fully saturated rings. The first-order chi connectivity index (χ1) is 32.6. The SMILES string of the molecule is O=C1CCC(N2C(=O)c3cccc(NCCCCN4CCC(NC(=O)c5ccc(C#Cc6ccc7c(c6)C(=O)N(C(C(=O)Nc6ccccn6)c6ccccc6)C7)cn5)CC4)c3C2=O)C(O)N1. The Morgan fingerprint density at radius 2 is 1.60 bits per heavy atom. The van der Waals surface area contributed by atoms with E-state index in [1.54, 1.807) is 71.9 Å². The van der Waals surface area contributed by atoms with Gasteiger partial charge >= 0.3 is 0 Å². The fourth-order valence-electron chi connectivity index (χ4n) is 9.13. The molecule has 3 atom stereocenters. The van der Waals surface area contributed by atoms with Gasteiger partial charge in [-0.05, 0) is 98.3 Å². The number of amides is 6. The van der Waals surface area contributed by atoms with Crippen molar-refractivity contribution in [2.75, 3.05) is 36.8 Å². The summed E-state index contributed by atoms with van der Waals surface area (Å²) in [6.07, 6.45) is 5.54. The lowest BCUT2D eigenvalue weighted by molar-refractivity contribution is -0.129. The molecule has 4 aliphatic heterocycles. The lowest BCUT2D eigenvalue weighted by atomic mass is 10.0. The number of anilines is 2. The van der Waals surface area contributed by atoms with Crippen LogP contribution in [0.15, 0.2) is 109 Å². The maximum atomic E-state index is 13.9. The van der Waals surface area contributed by atoms with Gasteiger partial charge in [0.2, 0.25) is 5.91 Å². The van der Waals surface area contributed by atoms with Crippen molar-refractivity contribution in [2.24, 2.45) is 0 Å². The van der Waals surface area contributed by atoms with Crippen LogP contribution in [0, 0.1) is 11.8 Å². The Hall–Kier alpha value is -7.74. The summed E-state index contributed by atoms with van der Waals surface area (Å²) < 4.78 is 0. The van der Waals surface area contributed by atoms with E-state index in [0.29, 0.717) is 51.6 Å². The van der Waals surface area contributed by atoms with Gasteiger partial charge in [-0.1, -0.05) is 60.4 Å². The molecule has 0 spiro atoms. The first-order valence-corrected chi connectivity index (χ1v) is 22.6. The van der Waals surface area contributed by atoms with Crippen molar-refractivity contribution in [2.45, 2.75) is 69.4 Å². The summed E-state index contributed by atoms with van der Waals surface area (Å²) in [6.45, 7) is 3.43. The van der Waals surface area contributed by atoms with Crippen molar-refractivity contribution in [3.8, 4) is 11.8 Å². The summed E-state index contributed by atoms with van der Waals surface area (Å²) in [5.41, 5.74) is 4.65. The summed E-state index contributed by atoms with van der Waals surface area (Å²) in [6, 6.07) is 26.7. The summed E-state index contributed by atoms with van der Waals surface area (Å²) in [5.74, 6) is 4.47. The van der Waals surface area contributed by atoms with E-state index >= 15 is 0 Å². The van der Waals surface area contributed by atoms with Crippen molar-refractivity contribution in [1.82, 2.24) is 35.3 Å². The third kappa shape index (κ3) is 9.79.